The Bertz CT molecular complexity index is 1510. The molecule has 0 saturated heterocycles. The molecular weight excluding hydrogens is 444 g/mol. The number of hydrogen-bond acceptors (Lipinski definition) is 7. The fraction of sp³-hybridized carbons (Fsp3) is 0.269. The molecule has 178 valence electrons. The fourth-order valence-electron chi connectivity index (χ4n) is 3.86. The van der Waals surface area contributed by atoms with Crippen LogP contribution in [0.2, 0.25) is 0 Å². The van der Waals surface area contributed by atoms with Gasteiger partial charge in [-0.2, -0.15) is 9.83 Å². The summed E-state index contributed by atoms with van der Waals surface area (Å²) in [7, 11) is 0. The first-order chi connectivity index (χ1) is 16.6. The summed E-state index contributed by atoms with van der Waals surface area (Å²) in [5, 5.41) is 9.24. The number of nitriles is 1. The van der Waals surface area contributed by atoms with E-state index in [0.29, 0.717) is 34.5 Å². The van der Waals surface area contributed by atoms with E-state index in [9.17, 15) is 14.9 Å². The lowest BCUT2D eigenvalue weighted by atomic mass is 10.0. The lowest BCUT2D eigenvalue weighted by Gasteiger charge is -2.19. The molecule has 2 N–H and O–H groups in total. The monoisotopic (exact) mass is 470 g/mol. The van der Waals surface area contributed by atoms with Gasteiger partial charge < -0.3 is 10.5 Å². The van der Waals surface area contributed by atoms with Gasteiger partial charge in [0, 0.05) is 30.2 Å². The average Bonchev–Trinajstić information content (AvgIpc) is 3.10. The van der Waals surface area contributed by atoms with Crippen LogP contribution in [-0.2, 0) is 11.2 Å². The largest absolute Gasteiger partial charge is 0.443 e. The molecule has 0 aliphatic heterocycles. The Morgan fingerprint density at radius 1 is 1.23 bits per heavy atom. The summed E-state index contributed by atoms with van der Waals surface area (Å²) < 4.78 is 7.98. The second-order valence-corrected chi connectivity index (χ2v) is 9.28. The van der Waals surface area contributed by atoms with Gasteiger partial charge in [0.1, 0.15) is 11.1 Å². The van der Waals surface area contributed by atoms with Crippen LogP contribution in [0.5, 0.6) is 0 Å². The minimum Gasteiger partial charge on any atom is -0.443 e. The highest BCUT2D eigenvalue weighted by Crippen LogP contribution is 2.24. The first kappa shape index (κ1) is 23.7. The number of pyridine rings is 2. The van der Waals surface area contributed by atoms with Crippen LogP contribution in [0.15, 0.2) is 59.7 Å². The first-order valence-electron chi connectivity index (χ1n) is 11.1. The van der Waals surface area contributed by atoms with E-state index in [-0.39, 0.29) is 0 Å². The predicted octanol–water partition coefficient (Wildman–Crippen LogP) is 4.03. The number of ether oxygens (including phenoxy) is 1. The summed E-state index contributed by atoms with van der Waals surface area (Å²) in [6, 6.07) is 13.8. The molecule has 9 nitrogen and oxygen atoms in total. The van der Waals surface area contributed by atoms with E-state index in [2.05, 4.69) is 11.1 Å². The molecular formula is C26H26N6O3. The van der Waals surface area contributed by atoms with E-state index < -0.39 is 23.4 Å². The molecule has 0 saturated carbocycles. The Labute approximate surface area is 202 Å². The molecule has 4 aromatic rings. The van der Waals surface area contributed by atoms with Gasteiger partial charge in [-0.25, -0.2) is 14.6 Å². The van der Waals surface area contributed by atoms with Crippen molar-refractivity contribution in [2.24, 2.45) is 0 Å². The van der Waals surface area contributed by atoms with Crippen LogP contribution in [0.25, 0.3) is 11.2 Å². The maximum absolute atomic E-state index is 13.5. The molecule has 0 amide bonds. The molecule has 9 heteroatoms. The molecule has 0 fully saturated rings. The number of anilines is 1. The van der Waals surface area contributed by atoms with Crippen molar-refractivity contribution in [3.63, 3.8) is 0 Å². The van der Waals surface area contributed by atoms with E-state index in [1.54, 1.807) is 69.6 Å². The van der Waals surface area contributed by atoms with Crippen LogP contribution < -0.4 is 11.4 Å². The SMILES string of the molecule is C[C@H](c1cccnc1)n1c(=O)n(C(=O)OC(C)(C)C)c2ccc(Cc3cc(C#N)ccc3N)nc21. The van der Waals surface area contributed by atoms with Gasteiger partial charge in [0.05, 0.1) is 17.7 Å². The third-order valence-electron chi connectivity index (χ3n) is 5.55. The Hall–Kier alpha value is -4.45. The second kappa shape index (κ2) is 9.06. The molecule has 3 heterocycles. The maximum Gasteiger partial charge on any atom is 0.423 e. The van der Waals surface area contributed by atoms with Crippen LogP contribution in [0.4, 0.5) is 10.5 Å². The number of hydrogen-bond donors (Lipinski definition) is 1. The number of nitrogens with zero attached hydrogens (tertiary/aromatic N) is 5. The Balaban J connectivity index is 1.89. The van der Waals surface area contributed by atoms with Crippen molar-refractivity contribution in [2.45, 2.75) is 45.8 Å². The summed E-state index contributed by atoms with van der Waals surface area (Å²) >= 11 is 0. The molecule has 0 aliphatic carbocycles. The summed E-state index contributed by atoms with van der Waals surface area (Å²) in [5.74, 6) is 0. The molecule has 0 bridgehead atoms. The summed E-state index contributed by atoms with van der Waals surface area (Å²) in [6.07, 6.45) is 2.90. The van der Waals surface area contributed by atoms with Crippen LogP contribution in [0.1, 0.15) is 56.1 Å². The quantitative estimate of drug-likeness (QED) is 0.446. The maximum atomic E-state index is 13.5. The lowest BCUT2D eigenvalue weighted by Crippen LogP contribution is -2.35. The Morgan fingerprint density at radius 2 is 2.00 bits per heavy atom. The van der Waals surface area contributed by atoms with Crippen molar-refractivity contribution in [1.82, 2.24) is 19.1 Å². The molecule has 0 radical (unpaired) electrons. The summed E-state index contributed by atoms with van der Waals surface area (Å²) in [4.78, 5) is 35.5. The zero-order chi connectivity index (χ0) is 25.3. The van der Waals surface area contributed by atoms with Crippen molar-refractivity contribution in [2.75, 3.05) is 5.73 Å². The van der Waals surface area contributed by atoms with E-state index in [4.69, 9.17) is 15.5 Å². The van der Waals surface area contributed by atoms with E-state index in [1.807, 2.05) is 13.0 Å². The number of carbonyl (C=O) groups excluding carboxylic acids is 1. The molecule has 1 aromatic carbocycles. The van der Waals surface area contributed by atoms with Crippen LogP contribution >= 0.6 is 0 Å². The number of aromatic nitrogens is 4. The molecule has 0 aliphatic rings. The third-order valence-corrected chi connectivity index (χ3v) is 5.55. The smallest absolute Gasteiger partial charge is 0.423 e. The van der Waals surface area contributed by atoms with Gasteiger partial charge in [-0.05, 0) is 75.2 Å². The summed E-state index contributed by atoms with van der Waals surface area (Å²) in [5.41, 5.74) is 8.66. The molecule has 3 aromatic heterocycles. The molecule has 0 unspecified atom stereocenters. The van der Waals surface area contributed by atoms with Crippen molar-refractivity contribution in [3.05, 3.63) is 87.7 Å². The standard InChI is InChI=1S/C26H26N6O3/c1-16(18-6-5-11-29-15-18)31-23-22(32(24(31)33)25(34)35-26(2,3)4)10-8-20(30-23)13-19-12-17(14-27)7-9-21(19)28/h5-12,15-16H,13,28H2,1-4H3/t16-/m1/s1. The van der Waals surface area contributed by atoms with Crippen molar-refractivity contribution in [3.8, 4) is 6.07 Å². The highest BCUT2D eigenvalue weighted by molar-refractivity contribution is 5.85. The van der Waals surface area contributed by atoms with Gasteiger partial charge >= 0.3 is 11.8 Å². The Kier molecular flexibility index (Phi) is 6.14. The molecule has 4 rings (SSSR count). The number of fused-ring (bicyclic) bond motifs is 1. The van der Waals surface area contributed by atoms with Gasteiger partial charge in [-0.1, -0.05) is 6.07 Å². The zero-order valence-electron chi connectivity index (χ0n) is 20.0. The van der Waals surface area contributed by atoms with E-state index in [1.165, 1.54) is 4.57 Å². The molecule has 1 atom stereocenters. The van der Waals surface area contributed by atoms with E-state index >= 15 is 0 Å². The normalized spacial score (nSPS) is 12.3. The van der Waals surface area contributed by atoms with Gasteiger partial charge in [-0.15, -0.1) is 0 Å². The van der Waals surface area contributed by atoms with Crippen molar-refractivity contribution >= 4 is 22.9 Å². The minimum atomic E-state index is -0.781. The fourth-order valence-corrected chi connectivity index (χ4v) is 3.86. The van der Waals surface area contributed by atoms with Crippen LogP contribution in [0.3, 0.4) is 0 Å². The van der Waals surface area contributed by atoms with Crippen LogP contribution in [-0.4, -0.2) is 30.8 Å². The number of nitrogens with two attached hydrogens (primary N) is 1. The highest BCUT2D eigenvalue weighted by Gasteiger charge is 2.27. The first-order valence-corrected chi connectivity index (χ1v) is 11.1. The Morgan fingerprint density at radius 3 is 2.66 bits per heavy atom. The number of nitrogen functional groups attached to an aromatic ring is 1. The minimum absolute atomic E-state index is 0.336. The number of rotatable bonds is 4. The van der Waals surface area contributed by atoms with Gasteiger partial charge in [0.2, 0.25) is 0 Å². The topological polar surface area (TPSA) is 129 Å². The zero-order valence-corrected chi connectivity index (χ0v) is 20.0. The van der Waals surface area contributed by atoms with Gasteiger partial charge in [0.15, 0.2) is 5.65 Å². The van der Waals surface area contributed by atoms with Gasteiger partial charge in [-0.3, -0.25) is 9.55 Å². The average molecular weight is 471 g/mol. The van der Waals surface area contributed by atoms with Crippen molar-refractivity contribution in [1.29, 1.82) is 5.26 Å². The van der Waals surface area contributed by atoms with Crippen LogP contribution in [0, 0.1) is 11.3 Å². The highest BCUT2D eigenvalue weighted by atomic mass is 16.6. The summed E-state index contributed by atoms with van der Waals surface area (Å²) in [6.45, 7) is 7.07. The molecule has 0 spiro atoms. The third kappa shape index (κ3) is 4.77. The van der Waals surface area contributed by atoms with Crippen molar-refractivity contribution < 1.29 is 9.53 Å². The van der Waals surface area contributed by atoms with E-state index in [0.717, 1.165) is 15.7 Å². The predicted molar refractivity (Wildman–Crippen MR) is 132 cm³/mol. The lowest BCUT2D eigenvalue weighted by molar-refractivity contribution is 0.0537. The number of benzene rings is 1. The second-order valence-electron chi connectivity index (χ2n) is 9.28. The number of carbonyl (C=O) groups is 1. The number of imidazole rings is 1. The molecule has 35 heavy (non-hydrogen) atoms. The van der Waals surface area contributed by atoms with Gasteiger partial charge in [0.25, 0.3) is 0 Å².